The van der Waals surface area contributed by atoms with E-state index >= 15 is 0 Å². The highest BCUT2D eigenvalue weighted by atomic mass is 35.5. The van der Waals surface area contributed by atoms with E-state index in [1.807, 2.05) is 0 Å². The number of carbonyl (C=O) groups is 1. The Morgan fingerprint density at radius 2 is 2.00 bits per heavy atom. The van der Waals surface area contributed by atoms with Crippen molar-refractivity contribution < 1.29 is 4.79 Å². The number of nitrogens with two attached hydrogens (primary N) is 1. The molecular weight excluding hydrogens is 254 g/mol. The maximum absolute atomic E-state index is 11.1. The molecule has 0 aliphatic carbocycles. The van der Waals surface area contributed by atoms with Gasteiger partial charge in [0.25, 0.3) is 5.91 Å². The van der Waals surface area contributed by atoms with Crippen molar-refractivity contribution in [1.82, 2.24) is 9.97 Å². The number of nitrogens with one attached hydrogen (secondary N) is 2. The number of hydrazine groups is 1. The van der Waals surface area contributed by atoms with Crippen LogP contribution in [0.3, 0.4) is 0 Å². The third-order valence-corrected chi connectivity index (χ3v) is 2.32. The van der Waals surface area contributed by atoms with Crippen LogP contribution in [0.4, 0.5) is 11.5 Å². The Balaban J connectivity index is 2.13. The molecular formula is C11H10ClN5O. The lowest BCUT2D eigenvalue weighted by atomic mass is 10.3. The molecule has 0 unspecified atom stereocenters. The summed E-state index contributed by atoms with van der Waals surface area (Å²) in [6.07, 6.45) is 2.85. The van der Waals surface area contributed by atoms with Crippen molar-refractivity contribution in [3.63, 3.8) is 0 Å². The summed E-state index contributed by atoms with van der Waals surface area (Å²) in [7, 11) is 0. The number of carbonyl (C=O) groups excluding carboxylic acids is 1. The third-order valence-electron chi connectivity index (χ3n) is 2.08. The lowest BCUT2D eigenvalue weighted by Gasteiger charge is -2.10. The van der Waals surface area contributed by atoms with Crippen LogP contribution in [0, 0.1) is 0 Å². The van der Waals surface area contributed by atoms with Gasteiger partial charge in [-0.1, -0.05) is 17.7 Å². The van der Waals surface area contributed by atoms with Gasteiger partial charge in [0, 0.05) is 17.4 Å². The van der Waals surface area contributed by atoms with E-state index in [-0.39, 0.29) is 11.5 Å². The monoisotopic (exact) mass is 263 g/mol. The molecule has 4 N–H and O–H groups in total. The highest BCUT2D eigenvalue weighted by molar-refractivity contribution is 6.30. The minimum atomic E-state index is -0.654. The lowest BCUT2D eigenvalue weighted by Crippen LogP contribution is -2.19. The van der Waals surface area contributed by atoms with Gasteiger partial charge in [-0.3, -0.25) is 15.6 Å². The summed E-state index contributed by atoms with van der Waals surface area (Å²) < 4.78 is 0. The first-order chi connectivity index (χ1) is 8.66. The molecule has 0 bridgehead atoms. The molecule has 2 aromatic rings. The fourth-order valence-corrected chi connectivity index (χ4v) is 1.50. The molecule has 7 heteroatoms. The molecule has 0 saturated carbocycles. The Hall–Kier alpha value is -2.34. The van der Waals surface area contributed by atoms with Crippen molar-refractivity contribution in [2.45, 2.75) is 0 Å². The van der Waals surface area contributed by atoms with Crippen LogP contribution in [0.25, 0.3) is 0 Å². The van der Waals surface area contributed by atoms with Gasteiger partial charge in [0.15, 0.2) is 11.5 Å². The molecule has 0 spiro atoms. The quantitative estimate of drug-likeness (QED) is 0.730. The van der Waals surface area contributed by atoms with Crippen molar-refractivity contribution in [1.29, 1.82) is 0 Å². The van der Waals surface area contributed by atoms with E-state index in [0.717, 1.165) is 5.69 Å². The number of aromatic nitrogens is 2. The van der Waals surface area contributed by atoms with Crippen LogP contribution in [0.15, 0.2) is 36.7 Å². The molecule has 1 amide bonds. The molecule has 0 fully saturated rings. The van der Waals surface area contributed by atoms with E-state index in [0.29, 0.717) is 5.02 Å². The number of primary amides is 1. The van der Waals surface area contributed by atoms with Crippen LogP contribution < -0.4 is 16.6 Å². The van der Waals surface area contributed by atoms with Crippen LogP contribution in [-0.2, 0) is 0 Å². The molecule has 0 saturated heterocycles. The van der Waals surface area contributed by atoms with Gasteiger partial charge in [0.2, 0.25) is 0 Å². The summed E-state index contributed by atoms with van der Waals surface area (Å²) in [6, 6.07) is 7.07. The van der Waals surface area contributed by atoms with E-state index in [4.69, 9.17) is 17.3 Å². The van der Waals surface area contributed by atoms with Crippen LogP contribution in [0.1, 0.15) is 10.5 Å². The second-order valence-electron chi connectivity index (χ2n) is 3.38. The predicted molar refractivity (Wildman–Crippen MR) is 69.2 cm³/mol. The molecule has 6 nitrogen and oxygen atoms in total. The standard InChI is InChI=1S/C11H10ClN5O/c12-7-2-1-3-8(6-7)16-17-11-9(10(13)18)14-4-5-15-11/h1-6,16H,(H2,13,18)(H,15,17). The molecule has 1 aromatic heterocycles. The Bertz CT molecular complexity index is 575. The normalized spacial score (nSPS) is 9.83. The van der Waals surface area contributed by atoms with Gasteiger partial charge in [0.05, 0.1) is 5.69 Å². The zero-order valence-corrected chi connectivity index (χ0v) is 9.98. The molecule has 2 rings (SSSR count). The fourth-order valence-electron chi connectivity index (χ4n) is 1.31. The summed E-state index contributed by atoms with van der Waals surface area (Å²) in [5.41, 5.74) is 11.6. The first kappa shape index (κ1) is 12.1. The molecule has 0 aliphatic rings. The molecule has 92 valence electrons. The van der Waals surface area contributed by atoms with Crippen LogP contribution >= 0.6 is 11.6 Å². The van der Waals surface area contributed by atoms with Crippen molar-refractivity contribution in [3.8, 4) is 0 Å². The van der Waals surface area contributed by atoms with E-state index in [1.54, 1.807) is 24.3 Å². The number of halogens is 1. The van der Waals surface area contributed by atoms with Crippen molar-refractivity contribution in [2.24, 2.45) is 5.73 Å². The predicted octanol–water partition coefficient (Wildman–Crippen LogP) is 1.67. The summed E-state index contributed by atoms with van der Waals surface area (Å²) in [6.45, 7) is 0. The van der Waals surface area contributed by atoms with Gasteiger partial charge in [0.1, 0.15) is 0 Å². The van der Waals surface area contributed by atoms with E-state index < -0.39 is 5.91 Å². The van der Waals surface area contributed by atoms with E-state index in [2.05, 4.69) is 20.8 Å². The Morgan fingerprint density at radius 1 is 1.22 bits per heavy atom. The highest BCUT2D eigenvalue weighted by Gasteiger charge is 2.09. The number of amides is 1. The van der Waals surface area contributed by atoms with Crippen LogP contribution in [-0.4, -0.2) is 15.9 Å². The average molecular weight is 264 g/mol. The minimum Gasteiger partial charge on any atom is -0.364 e. The lowest BCUT2D eigenvalue weighted by molar-refractivity contribution is 0.0996. The summed E-state index contributed by atoms with van der Waals surface area (Å²) in [5, 5.41) is 0.594. The maximum atomic E-state index is 11.1. The van der Waals surface area contributed by atoms with Gasteiger partial charge in [-0.2, -0.15) is 0 Å². The van der Waals surface area contributed by atoms with Gasteiger partial charge in [-0.25, -0.2) is 9.97 Å². The van der Waals surface area contributed by atoms with Gasteiger partial charge >= 0.3 is 0 Å². The Kier molecular flexibility index (Phi) is 3.59. The Morgan fingerprint density at radius 3 is 2.72 bits per heavy atom. The third kappa shape index (κ3) is 2.86. The second-order valence-corrected chi connectivity index (χ2v) is 3.81. The van der Waals surface area contributed by atoms with Gasteiger partial charge in [-0.05, 0) is 18.2 Å². The summed E-state index contributed by atoms with van der Waals surface area (Å²) >= 11 is 5.84. The maximum Gasteiger partial charge on any atom is 0.271 e. The van der Waals surface area contributed by atoms with Gasteiger partial charge in [-0.15, -0.1) is 0 Å². The van der Waals surface area contributed by atoms with Crippen molar-refractivity contribution in [2.75, 3.05) is 10.9 Å². The molecule has 0 atom stereocenters. The molecule has 0 radical (unpaired) electrons. The fraction of sp³-hybridized carbons (Fsp3) is 0. The molecule has 0 aliphatic heterocycles. The zero-order chi connectivity index (χ0) is 13.0. The number of rotatable bonds is 4. The zero-order valence-electron chi connectivity index (χ0n) is 9.22. The summed E-state index contributed by atoms with van der Waals surface area (Å²) in [5.74, 6) is -0.400. The number of hydrogen-bond donors (Lipinski definition) is 3. The van der Waals surface area contributed by atoms with E-state index in [9.17, 15) is 4.79 Å². The Labute approximate surface area is 108 Å². The van der Waals surface area contributed by atoms with Crippen LogP contribution in [0.5, 0.6) is 0 Å². The largest absolute Gasteiger partial charge is 0.364 e. The second kappa shape index (κ2) is 5.33. The average Bonchev–Trinajstić information content (AvgIpc) is 2.37. The topological polar surface area (TPSA) is 92.9 Å². The van der Waals surface area contributed by atoms with Crippen molar-refractivity contribution >= 4 is 29.0 Å². The highest BCUT2D eigenvalue weighted by Crippen LogP contribution is 2.15. The van der Waals surface area contributed by atoms with E-state index in [1.165, 1.54) is 12.4 Å². The van der Waals surface area contributed by atoms with Gasteiger partial charge < -0.3 is 5.73 Å². The number of nitrogens with zero attached hydrogens (tertiary/aromatic N) is 2. The first-order valence-electron chi connectivity index (χ1n) is 5.05. The molecule has 18 heavy (non-hydrogen) atoms. The number of anilines is 2. The summed E-state index contributed by atoms with van der Waals surface area (Å²) in [4.78, 5) is 18.9. The minimum absolute atomic E-state index is 0.0621. The first-order valence-corrected chi connectivity index (χ1v) is 5.43. The van der Waals surface area contributed by atoms with Crippen molar-refractivity contribution in [3.05, 3.63) is 47.4 Å². The SMILES string of the molecule is NC(=O)c1nccnc1NNc1cccc(Cl)c1. The van der Waals surface area contributed by atoms with Crippen LogP contribution in [0.2, 0.25) is 5.02 Å². The molecule has 1 heterocycles. The molecule has 1 aromatic carbocycles. The number of hydrogen-bond acceptors (Lipinski definition) is 5. The number of benzene rings is 1. The smallest absolute Gasteiger partial charge is 0.271 e.